The number of ether oxygens (including phenoxy) is 1. The summed E-state index contributed by atoms with van der Waals surface area (Å²) in [6.45, 7) is 1.24. The fraction of sp³-hybridized carbons (Fsp3) is 0.208. The van der Waals surface area contributed by atoms with Gasteiger partial charge in [0, 0.05) is 25.1 Å². The van der Waals surface area contributed by atoms with E-state index in [1.54, 1.807) is 6.26 Å². The van der Waals surface area contributed by atoms with Crippen LogP contribution in [0.15, 0.2) is 71.4 Å². The minimum atomic E-state index is 0. The van der Waals surface area contributed by atoms with E-state index in [9.17, 15) is 0 Å². The molecular formula is C24H24IO2. The van der Waals surface area contributed by atoms with Gasteiger partial charge in [-0.25, -0.2) is 0 Å². The third-order valence-electron chi connectivity index (χ3n) is 4.55. The maximum Gasteiger partial charge on any atom is 0.134 e. The van der Waals surface area contributed by atoms with E-state index in [-0.39, 0.29) is 7.34 Å². The first kappa shape index (κ1) is 19.7. The Bertz CT molecular complexity index is 940. The summed E-state index contributed by atoms with van der Waals surface area (Å²) >= 11 is 2.15. The van der Waals surface area contributed by atoms with E-state index in [2.05, 4.69) is 77.1 Å². The summed E-state index contributed by atoms with van der Waals surface area (Å²) in [7, 11) is 0. The summed E-state index contributed by atoms with van der Waals surface area (Å²) in [5.74, 6) is 4.19. The molecule has 1 aliphatic rings. The Balaban J connectivity index is 0.000000906. The Morgan fingerprint density at radius 2 is 1.96 bits per heavy atom. The molecule has 0 bridgehead atoms. The van der Waals surface area contributed by atoms with Crippen molar-refractivity contribution in [2.45, 2.75) is 12.3 Å². The van der Waals surface area contributed by atoms with Gasteiger partial charge in [-0.15, -0.1) is 12.3 Å². The van der Waals surface area contributed by atoms with Crippen LogP contribution in [-0.2, 0) is 4.74 Å². The minimum absolute atomic E-state index is 0. The van der Waals surface area contributed by atoms with Crippen LogP contribution in [0.2, 0.25) is 0 Å². The Labute approximate surface area is 176 Å². The van der Waals surface area contributed by atoms with Gasteiger partial charge in [-0.2, -0.15) is 0 Å². The monoisotopic (exact) mass is 471 g/mol. The van der Waals surface area contributed by atoms with E-state index in [1.807, 2.05) is 17.1 Å². The Morgan fingerprint density at radius 3 is 2.74 bits per heavy atom. The molecule has 1 heterocycles. The van der Waals surface area contributed by atoms with Gasteiger partial charge in [0.05, 0.1) is 19.5 Å². The molecule has 0 amide bonds. The smallest absolute Gasteiger partial charge is 0.134 e. The summed E-state index contributed by atoms with van der Waals surface area (Å²) in [5.41, 5.74) is 4.67. The zero-order valence-corrected chi connectivity index (χ0v) is 17.5. The first-order valence-electron chi connectivity index (χ1n) is 8.87. The summed E-state index contributed by atoms with van der Waals surface area (Å²) in [4.78, 5) is 1.97. The van der Waals surface area contributed by atoms with Crippen molar-refractivity contribution in [1.82, 2.24) is 0 Å². The average molecular weight is 471 g/mol. The highest BCUT2D eigenvalue weighted by Crippen LogP contribution is 2.50. The van der Waals surface area contributed by atoms with Crippen LogP contribution in [-0.4, -0.2) is 18.1 Å². The first-order chi connectivity index (χ1) is 13.4. The quantitative estimate of drug-likeness (QED) is 0.169. The topological polar surface area (TPSA) is 22.4 Å². The molecule has 0 aliphatic heterocycles. The van der Waals surface area contributed by atoms with Crippen molar-refractivity contribution >= 4 is 39.1 Å². The van der Waals surface area contributed by atoms with Crippen LogP contribution < -0.4 is 0 Å². The predicted molar refractivity (Wildman–Crippen MR) is 123 cm³/mol. The minimum Gasteiger partial charge on any atom is -0.464 e. The molecule has 1 aromatic heterocycles. The average Bonchev–Trinajstić information content (AvgIpc) is 3.37. The number of rotatable bonds is 7. The van der Waals surface area contributed by atoms with Crippen molar-refractivity contribution in [3.8, 4) is 12.3 Å². The third-order valence-corrected chi connectivity index (χ3v) is 4.55. The van der Waals surface area contributed by atoms with Gasteiger partial charge in [0.2, 0.25) is 0 Å². The van der Waals surface area contributed by atoms with Gasteiger partial charge in [-0.3, -0.25) is 0 Å². The van der Waals surface area contributed by atoms with Crippen molar-refractivity contribution < 1.29 is 10.6 Å². The molecular weight excluding hydrogens is 447 g/mol. The molecule has 0 saturated carbocycles. The Hall–Kier alpha value is -2.03. The van der Waals surface area contributed by atoms with E-state index >= 15 is 0 Å². The second-order valence-electron chi connectivity index (χ2n) is 6.18. The van der Waals surface area contributed by atoms with Crippen LogP contribution >= 0.6 is 22.6 Å². The Morgan fingerprint density at radius 1 is 1.15 bits per heavy atom. The molecule has 27 heavy (non-hydrogen) atoms. The maximum atomic E-state index is 5.82. The molecule has 0 saturated heterocycles. The lowest BCUT2D eigenvalue weighted by atomic mass is 9.91. The lowest BCUT2D eigenvalue weighted by Crippen LogP contribution is -2.11. The molecule has 2 aromatic carbocycles. The van der Waals surface area contributed by atoms with Crippen molar-refractivity contribution in [2.24, 2.45) is 0 Å². The number of furan rings is 1. The molecule has 0 fully saturated rings. The number of fused-ring (bicyclic) bond motifs is 1. The van der Waals surface area contributed by atoms with Crippen molar-refractivity contribution in [1.29, 1.82) is 0 Å². The molecule has 139 valence electrons. The number of hydrogen-bond acceptors (Lipinski definition) is 2. The standard InChI is InChI=1S/C23H19O2.CH3I.H2/c1-2-3-12-24-16-22(17-7-5-4-6-8-17)21-15-20(21)19-10-9-18-11-13-25-23(18)14-19;1-2;/h1,4-11,13-15,22H,3,12,16H2;1H3;1H. The lowest BCUT2D eigenvalue weighted by molar-refractivity contribution is 0.131. The summed E-state index contributed by atoms with van der Waals surface area (Å²) < 4.78 is 11.3. The molecule has 1 unspecified atom stereocenters. The van der Waals surface area contributed by atoms with Gasteiger partial charge < -0.3 is 9.15 Å². The SMILES string of the molecule is C#CCCOCC([C]1C=C1c1ccc2ccoc2c1)c1ccccc1.CI.[HH]. The van der Waals surface area contributed by atoms with Crippen LogP contribution in [0.5, 0.6) is 0 Å². The number of halogens is 1. The molecule has 0 spiro atoms. The molecule has 3 aromatic rings. The summed E-state index contributed by atoms with van der Waals surface area (Å²) in [6, 6.07) is 18.8. The van der Waals surface area contributed by atoms with Gasteiger partial charge in [0.25, 0.3) is 0 Å². The van der Waals surface area contributed by atoms with E-state index < -0.39 is 0 Å². The van der Waals surface area contributed by atoms with Crippen LogP contribution in [0.25, 0.3) is 16.5 Å². The van der Waals surface area contributed by atoms with E-state index in [4.69, 9.17) is 15.6 Å². The molecule has 1 radical (unpaired) electrons. The third kappa shape index (κ3) is 4.82. The highest BCUT2D eigenvalue weighted by Gasteiger charge is 2.36. The number of alkyl halides is 1. The molecule has 1 atom stereocenters. The molecule has 0 N–H and O–H groups in total. The van der Waals surface area contributed by atoms with E-state index in [0.29, 0.717) is 19.6 Å². The van der Waals surface area contributed by atoms with Crippen LogP contribution in [0, 0.1) is 18.3 Å². The maximum absolute atomic E-state index is 5.82. The summed E-state index contributed by atoms with van der Waals surface area (Å²) in [6.07, 6.45) is 9.92. The number of hydrogen-bond donors (Lipinski definition) is 0. The molecule has 2 nitrogen and oxygen atoms in total. The number of benzene rings is 2. The van der Waals surface area contributed by atoms with Crippen LogP contribution in [0.3, 0.4) is 0 Å². The largest absolute Gasteiger partial charge is 0.464 e. The highest BCUT2D eigenvalue weighted by atomic mass is 127. The van der Waals surface area contributed by atoms with Gasteiger partial charge >= 0.3 is 0 Å². The van der Waals surface area contributed by atoms with E-state index in [0.717, 1.165) is 11.0 Å². The number of allylic oxidation sites excluding steroid dienone is 2. The fourth-order valence-electron chi connectivity index (χ4n) is 3.16. The van der Waals surface area contributed by atoms with Crippen LogP contribution in [0.4, 0.5) is 0 Å². The summed E-state index contributed by atoms with van der Waals surface area (Å²) in [5, 5.41) is 1.13. The highest BCUT2D eigenvalue weighted by molar-refractivity contribution is 14.1. The normalized spacial score (nSPS) is 14.0. The van der Waals surface area contributed by atoms with Crippen molar-refractivity contribution in [2.75, 3.05) is 18.1 Å². The Kier molecular flexibility index (Phi) is 7.14. The zero-order valence-electron chi connectivity index (χ0n) is 15.3. The zero-order chi connectivity index (χ0) is 19.1. The van der Waals surface area contributed by atoms with Crippen LogP contribution in [0.1, 0.15) is 24.9 Å². The van der Waals surface area contributed by atoms with Gasteiger partial charge in [-0.05, 0) is 33.8 Å². The second kappa shape index (κ2) is 9.77. The van der Waals surface area contributed by atoms with Gasteiger partial charge in [-0.1, -0.05) is 71.1 Å². The predicted octanol–water partition coefficient (Wildman–Crippen LogP) is 6.53. The number of terminal acetylenes is 1. The van der Waals surface area contributed by atoms with Gasteiger partial charge in [0.1, 0.15) is 5.58 Å². The first-order valence-corrected chi connectivity index (χ1v) is 11.0. The molecule has 1 aliphatic carbocycles. The van der Waals surface area contributed by atoms with Crippen molar-refractivity contribution in [3.63, 3.8) is 0 Å². The molecule has 3 heteroatoms. The van der Waals surface area contributed by atoms with Crippen molar-refractivity contribution in [3.05, 3.63) is 84.0 Å². The van der Waals surface area contributed by atoms with Gasteiger partial charge in [0.15, 0.2) is 0 Å². The van der Waals surface area contributed by atoms with E-state index in [1.165, 1.54) is 22.6 Å². The fourth-order valence-corrected chi connectivity index (χ4v) is 3.16. The molecule has 4 rings (SSSR count). The lowest BCUT2D eigenvalue weighted by Gasteiger charge is -2.18. The second-order valence-corrected chi connectivity index (χ2v) is 6.18.